The highest BCUT2D eigenvalue weighted by atomic mass is 19.2. The van der Waals surface area contributed by atoms with E-state index in [9.17, 15) is 27.6 Å². The van der Waals surface area contributed by atoms with Crippen LogP contribution in [0.4, 0.5) is 13.2 Å². The third-order valence-electron chi connectivity index (χ3n) is 4.30. The molecular formula is C18H21F3N2O5. The summed E-state index contributed by atoms with van der Waals surface area (Å²) < 4.78 is 44.9. The minimum Gasteiger partial charge on any atom is -0.494 e. The van der Waals surface area contributed by atoms with Gasteiger partial charge in [0.25, 0.3) is 0 Å². The lowest BCUT2D eigenvalue weighted by Gasteiger charge is -2.21. The van der Waals surface area contributed by atoms with E-state index in [2.05, 4.69) is 5.32 Å². The number of ether oxygens (including phenoxy) is 1. The highest BCUT2D eigenvalue weighted by Crippen LogP contribution is 2.31. The normalized spacial score (nSPS) is 21.4. The zero-order valence-electron chi connectivity index (χ0n) is 15.0. The summed E-state index contributed by atoms with van der Waals surface area (Å²) in [6, 6.07) is 3.92. The number of benzene rings is 1. The fourth-order valence-corrected chi connectivity index (χ4v) is 2.83. The molecule has 7 nitrogen and oxygen atoms in total. The standard InChI is InChI=1S/C18H21F3N2O5/c19-10-18(21)8-14(17(26)27)23(11-18)16(25)9-22-15(24)2-1-7-28-13-5-3-12(20)4-6-13/h3-6,14H,1-2,7-11H2,(H,22,24)(H,26,27)/t14-,18-/m0/s1. The van der Waals surface area contributed by atoms with Gasteiger partial charge in [-0.3, -0.25) is 9.59 Å². The Morgan fingerprint density at radius 2 is 1.96 bits per heavy atom. The second kappa shape index (κ2) is 9.43. The topological polar surface area (TPSA) is 95.9 Å². The minimum atomic E-state index is -2.39. The molecule has 28 heavy (non-hydrogen) atoms. The molecule has 0 unspecified atom stereocenters. The molecule has 154 valence electrons. The number of alkyl halides is 2. The van der Waals surface area contributed by atoms with Crippen molar-refractivity contribution >= 4 is 17.8 Å². The van der Waals surface area contributed by atoms with Crippen molar-refractivity contribution in [2.45, 2.75) is 31.0 Å². The Hall–Kier alpha value is -2.78. The first-order valence-electron chi connectivity index (χ1n) is 8.66. The molecule has 1 aromatic rings. The van der Waals surface area contributed by atoms with E-state index in [1.54, 1.807) is 0 Å². The van der Waals surface area contributed by atoms with Gasteiger partial charge in [-0.2, -0.15) is 0 Å². The molecular weight excluding hydrogens is 381 g/mol. The van der Waals surface area contributed by atoms with Crippen molar-refractivity contribution < 1.29 is 37.4 Å². The van der Waals surface area contributed by atoms with Crippen LogP contribution in [0.25, 0.3) is 0 Å². The Kier molecular flexibility index (Phi) is 7.24. The van der Waals surface area contributed by atoms with Gasteiger partial charge in [-0.15, -0.1) is 0 Å². The van der Waals surface area contributed by atoms with Crippen LogP contribution >= 0.6 is 0 Å². The fourth-order valence-electron chi connectivity index (χ4n) is 2.83. The van der Waals surface area contributed by atoms with Crippen molar-refractivity contribution in [3.8, 4) is 5.75 Å². The number of carboxylic acid groups (broad SMARTS) is 1. The molecule has 0 saturated carbocycles. The predicted octanol–water partition coefficient (Wildman–Crippen LogP) is 1.46. The highest BCUT2D eigenvalue weighted by molar-refractivity contribution is 5.88. The maximum Gasteiger partial charge on any atom is 0.326 e. The summed E-state index contributed by atoms with van der Waals surface area (Å²) in [4.78, 5) is 35.8. The summed E-state index contributed by atoms with van der Waals surface area (Å²) in [7, 11) is 0. The zero-order valence-corrected chi connectivity index (χ0v) is 15.0. The number of hydrogen-bond acceptors (Lipinski definition) is 4. The maximum atomic E-state index is 14.1. The first kappa shape index (κ1) is 21.5. The molecule has 1 fully saturated rings. The molecule has 1 aromatic carbocycles. The van der Waals surface area contributed by atoms with Crippen LogP contribution in [0.3, 0.4) is 0 Å². The first-order valence-corrected chi connectivity index (χ1v) is 8.66. The Balaban J connectivity index is 1.72. The molecule has 0 aromatic heterocycles. The molecule has 0 radical (unpaired) electrons. The SMILES string of the molecule is O=C(CCCOc1ccc(F)cc1)NCC(=O)N1C[C@@](F)(CF)C[C@H]1C(=O)O. The molecule has 0 aliphatic carbocycles. The van der Waals surface area contributed by atoms with Gasteiger partial charge in [-0.25, -0.2) is 18.0 Å². The van der Waals surface area contributed by atoms with Crippen LogP contribution in [0.15, 0.2) is 24.3 Å². The molecule has 2 N–H and O–H groups in total. The number of carbonyl (C=O) groups is 3. The second-order valence-electron chi connectivity index (χ2n) is 6.55. The van der Waals surface area contributed by atoms with Crippen molar-refractivity contribution in [3.63, 3.8) is 0 Å². The summed E-state index contributed by atoms with van der Waals surface area (Å²) in [6.07, 6.45) is -0.262. The first-order chi connectivity index (χ1) is 13.2. The average molecular weight is 402 g/mol. The number of aliphatic carboxylic acids is 1. The van der Waals surface area contributed by atoms with E-state index in [0.29, 0.717) is 12.2 Å². The largest absolute Gasteiger partial charge is 0.494 e. The van der Waals surface area contributed by atoms with Crippen molar-refractivity contribution in [2.24, 2.45) is 0 Å². The van der Waals surface area contributed by atoms with Gasteiger partial charge in [0.2, 0.25) is 11.8 Å². The predicted molar refractivity (Wildman–Crippen MR) is 91.7 cm³/mol. The van der Waals surface area contributed by atoms with E-state index in [4.69, 9.17) is 9.84 Å². The van der Waals surface area contributed by atoms with Gasteiger partial charge >= 0.3 is 5.97 Å². The number of nitrogens with one attached hydrogen (secondary N) is 1. The second-order valence-corrected chi connectivity index (χ2v) is 6.55. The van der Waals surface area contributed by atoms with E-state index in [1.807, 2.05) is 0 Å². The van der Waals surface area contributed by atoms with Gasteiger partial charge in [-0.1, -0.05) is 0 Å². The molecule has 0 bridgehead atoms. The molecule has 1 heterocycles. The zero-order chi connectivity index (χ0) is 20.7. The van der Waals surface area contributed by atoms with Gasteiger partial charge in [0, 0.05) is 12.8 Å². The summed E-state index contributed by atoms with van der Waals surface area (Å²) >= 11 is 0. The van der Waals surface area contributed by atoms with Crippen LogP contribution in [-0.2, 0) is 14.4 Å². The lowest BCUT2D eigenvalue weighted by Crippen LogP contribution is -2.46. The van der Waals surface area contributed by atoms with Gasteiger partial charge in [-0.05, 0) is 30.7 Å². The third-order valence-corrected chi connectivity index (χ3v) is 4.30. The Morgan fingerprint density at radius 1 is 1.29 bits per heavy atom. The summed E-state index contributed by atoms with van der Waals surface area (Å²) in [5, 5.41) is 11.4. The molecule has 1 aliphatic heterocycles. The molecule has 2 amide bonds. The summed E-state index contributed by atoms with van der Waals surface area (Å²) in [5.74, 6) is -2.63. The van der Waals surface area contributed by atoms with Gasteiger partial charge < -0.3 is 20.1 Å². The maximum absolute atomic E-state index is 14.1. The molecule has 1 aliphatic rings. The van der Waals surface area contributed by atoms with Crippen LogP contribution in [0, 0.1) is 5.82 Å². The van der Waals surface area contributed by atoms with E-state index in [-0.39, 0.29) is 13.0 Å². The van der Waals surface area contributed by atoms with Crippen molar-refractivity contribution in [1.82, 2.24) is 10.2 Å². The van der Waals surface area contributed by atoms with Gasteiger partial charge in [0.05, 0.1) is 19.7 Å². The number of carbonyl (C=O) groups excluding carboxylic acids is 2. The Labute approximate surface area is 159 Å². The minimum absolute atomic E-state index is 0.0361. The molecule has 10 heteroatoms. The van der Waals surface area contributed by atoms with E-state index < -0.39 is 61.5 Å². The average Bonchev–Trinajstić information content (AvgIpc) is 3.04. The summed E-state index contributed by atoms with van der Waals surface area (Å²) in [6.45, 7) is -2.37. The third kappa shape index (κ3) is 5.86. The highest BCUT2D eigenvalue weighted by Gasteiger charge is 2.49. The molecule has 0 spiro atoms. The Morgan fingerprint density at radius 3 is 2.57 bits per heavy atom. The lowest BCUT2D eigenvalue weighted by molar-refractivity contribution is -0.148. The fraction of sp³-hybridized carbons (Fsp3) is 0.500. The van der Waals surface area contributed by atoms with E-state index >= 15 is 0 Å². The number of rotatable bonds is 9. The molecule has 2 atom stereocenters. The van der Waals surface area contributed by atoms with Crippen LogP contribution in [0.5, 0.6) is 5.75 Å². The molecule has 2 rings (SSSR count). The number of nitrogens with zero attached hydrogens (tertiary/aromatic N) is 1. The van der Waals surface area contributed by atoms with Crippen LogP contribution in [-0.4, -0.2) is 65.9 Å². The van der Waals surface area contributed by atoms with Crippen molar-refractivity contribution in [3.05, 3.63) is 30.1 Å². The molecule has 1 saturated heterocycles. The van der Waals surface area contributed by atoms with Crippen molar-refractivity contribution in [2.75, 3.05) is 26.4 Å². The number of amides is 2. The quantitative estimate of drug-likeness (QED) is 0.610. The lowest BCUT2D eigenvalue weighted by atomic mass is 10.0. The van der Waals surface area contributed by atoms with Gasteiger partial charge in [0.15, 0.2) is 5.67 Å². The van der Waals surface area contributed by atoms with E-state index in [0.717, 1.165) is 4.90 Å². The number of carboxylic acids is 1. The van der Waals surface area contributed by atoms with Crippen molar-refractivity contribution in [1.29, 1.82) is 0 Å². The number of halogens is 3. The van der Waals surface area contributed by atoms with Gasteiger partial charge in [0.1, 0.15) is 24.3 Å². The van der Waals surface area contributed by atoms with Crippen LogP contribution in [0.2, 0.25) is 0 Å². The number of hydrogen-bond donors (Lipinski definition) is 2. The number of likely N-dealkylation sites (tertiary alicyclic amines) is 1. The monoisotopic (exact) mass is 402 g/mol. The van der Waals surface area contributed by atoms with Crippen LogP contribution in [0.1, 0.15) is 19.3 Å². The Bertz CT molecular complexity index is 716. The van der Waals surface area contributed by atoms with Crippen LogP contribution < -0.4 is 10.1 Å². The smallest absolute Gasteiger partial charge is 0.326 e. The van der Waals surface area contributed by atoms with E-state index in [1.165, 1.54) is 24.3 Å². The summed E-state index contributed by atoms with van der Waals surface area (Å²) in [5.41, 5.74) is -2.39.